The molecule has 2 aromatic rings. The average Bonchev–Trinajstić information content (AvgIpc) is 2.72. The van der Waals surface area contributed by atoms with E-state index in [4.69, 9.17) is 4.74 Å². The van der Waals surface area contributed by atoms with Crippen LogP contribution in [0.4, 0.5) is 16.3 Å². The van der Waals surface area contributed by atoms with Gasteiger partial charge in [-0.05, 0) is 55.5 Å². The van der Waals surface area contributed by atoms with E-state index in [-0.39, 0.29) is 12.5 Å². The van der Waals surface area contributed by atoms with Crippen molar-refractivity contribution in [1.82, 2.24) is 10.3 Å². The maximum absolute atomic E-state index is 12.2. The number of aryl methyl sites for hydroxylation is 1. The number of anilines is 2. The van der Waals surface area contributed by atoms with E-state index in [9.17, 15) is 9.59 Å². The molecule has 0 radical (unpaired) electrons. The monoisotopic (exact) mass is 396 g/mol. The highest BCUT2D eigenvalue weighted by Gasteiger charge is 2.16. The van der Waals surface area contributed by atoms with Crippen molar-refractivity contribution in [3.63, 3.8) is 0 Å². The molecule has 0 aliphatic heterocycles. The normalized spacial score (nSPS) is 14.1. The third-order valence-electron chi connectivity index (χ3n) is 4.91. The highest BCUT2D eigenvalue weighted by Crippen LogP contribution is 2.26. The first kappa shape index (κ1) is 20.6. The van der Waals surface area contributed by atoms with E-state index in [0.717, 1.165) is 5.56 Å². The lowest BCUT2D eigenvalue weighted by Crippen LogP contribution is -2.36. The zero-order chi connectivity index (χ0) is 20.5. The van der Waals surface area contributed by atoms with Gasteiger partial charge in [0, 0.05) is 11.9 Å². The Bertz CT molecular complexity index is 834. The van der Waals surface area contributed by atoms with Gasteiger partial charge in [-0.1, -0.05) is 31.4 Å². The molecule has 1 heterocycles. The summed E-state index contributed by atoms with van der Waals surface area (Å²) in [5.74, 6) is 1.11. The number of hydrogen-bond acceptors (Lipinski definition) is 4. The van der Waals surface area contributed by atoms with Crippen LogP contribution in [0.15, 0.2) is 42.6 Å². The molecule has 154 valence electrons. The van der Waals surface area contributed by atoms with Gasteiger partial charge >= 0.3 is 6.03 Å². The number of amides is 3. The first-order chi connectivity index (χ1) is 14.1. The Kier molecular flexibility index (Phi) is 7.44. The van der Waals surface area contributed by atoms with Crippen molar-refractivity contribution in [2.45, 2.75) is 39.0 Å². The maximum Gasteiger partial charge on any atom is 0.319 e. The first-order valence-electron chi connectivity index (χ1n) is 10.1. The Morgan fingerprint density at radius 3 is 2.72 bits per heavy atom. The van der Waals surface area contributed by atoms with Gasteiger partial charge < -0.3 is 20.7 Å². The number of rotatable bonds is 7. The number of pyridine rings is 1. The van der Waals surface area contributed by atoms with Crippen molar-refractivity contribution >= 4 is 23.4 Å². The molecule has 7 nitrogen and oxygen atoms in total. The Balaban J connectivity index is 1.46. The van der Waals surface area contributed by atoms with Gasteiger partial charge in [-0.2, -0.15) is 0 Å². The molecule has 0 bridgehead atoms. The molecular formula is C22H28N4O3. The number of carbonyl (C=O) groups is 2. The summed E-state index contributed by atoms with van der Waals surface area (Å²) in [6.07, 6.45) is 7.77. The molecule has 29 heavy (non-hydrogen) atoms. The Morgan fingerprint density at radius 2 is 1.93 bits per heavy atom. The summed E-state index contributed by atoms with van der Waals surface area (Å²) in [6.45, 7) is 2.40. The van der Waals surface area contributed by atoms with Gasteiger partial charge in [0.15, 0.2) is 11.6 Å². The lowest BCUT2D eigenvalue weighted by molar-refractivity contribution is -0.115. The molecule has 0 unspecified atom stereocenters. The number of urea groups is 1. The second kappa shape index (κ2) is 10.5. The van der Waals surface area contributed by atoms with E-state index >= 15 is 0 Å². The van der Waals surface area contributed by atoms with Crippen molar-refractivity contribution in [2.24, 2.45) is 5.92 Å². The minimum atomic E-state index is -0.444. The van der Waals surface area contributed by atoms with Crippen LogP contribution in [0.2, 0.25) is 0 Å². The lowest BCUT2D eigenvalue weighted by atomic mass is 9.90. The molecule has 1 aromatic carbocycles. The van der Waals surface area contributed by atoms with Crippen LogP contribution in [0, 0.1) is 12.8 Å². The van der Waals surface area contributed by atoms with Crippen molar-refractivity contribution in [3.8, 4) is 5.75 Å². The van der Waals surface area contributed by atoms with Crippen LogP contribution in [-0.4, -0.2) is 30.1 Å². The topological polar surface area (TPSA) is 92.4 Å². The minimum Gasteiger partial charge on any atom is -0.489 e. The van der Waals surface area contributed by atoms with E-state index in [1.807, 2.05) is 25.1 Å². The fourth-order valence-corrected chi connectivity index (χ4v) is 3.40. The smallest absolute Gasteiger partial charge is 0.319 e. The van der Waals surface area contributed by atoms with Gasteiger partial charge in [0.2, 0.25) is 5.91 Å². The van der Waals surface area contributed by atoms with Gasteiger partial charge in [0.05, 0.1) is 13.2 Å². The molecule has 3 amide bonds. The molecule has 3 N–H and O–H groups in total. The first-order valence-corrected chi connectivity index (χ1v) is 10.1. The van der Waals surface area contributed by atoms with Crippen molar-refractivity contribution < 1.29 is 14.3 Å². The summed E-state index contributed by atoms with van der Waals surface area (Å²) >= 11 is 0. The van der Waals surface area contributed by atoms with Gasteiger partial charge in [-0.3, -0.25) is 4.79 Å². The zero-order valence-electron chi connectivity index (χ0n) is 16.7. The number of nitrogens with one attached hydrogen (secondary N) is 3. The number of hydrogen-bond donors (Lipinski definition) is 3. The Morgan fingerprint density at radius 1 is 1.10 bits per heavy atom. The second-order valence-corrected chi connectivity index (χ2v) is 7.39. The van der Waals surface area contributed by atoms with Gasteiger partial charge in [-0.25, -0.2) is 9.78 Å². The van der Waals surface area contributed by atoms with E-state index in [1.165, 1.54) is 32.1 Å². The fraction of sp³-hybridized carbons (Fsp3) is 0.409. The molecule has 1 saturated carbocycles. The summed E-state index contributed by atoms with van der Waals surface area (Å²) in [6, 6.07) is 10.6. The number of benzene rings is 1. The molecular weight excluding hydrogens is 368 g/mol. The standard InChI is InChI=1S/C22H28N4O3/c1-16-7-5-10-18(13-16)25-22(28)24-14-20(27)26-21-19(11-6-12-23-21)29-15-17-8-3-2-4-9-17/h5-7,10-13,17H,2-4,8-9,14-15H2,1H3,(H,23,26,27)(H2,24,25,28). The number of nitrogens with zero attached hydrogens (tertiary/aromatic N) is 1. The molecule has 1 aliphatic rings. The van der Waals surface area contributed by atoms with Crippen LogP contribution in [0.25, 0.3) is 0 Å². The largest absolute Gasteiger partial charge is 0.489 e. The highest BCUT2D eigenvalue weighted by molar-refractivity contribution is 5.97. The molecule has 1 aliphatic carbocycles. The molecule has 0 atom stereocenters. The van der Waals surface area contributed by atoms with E-state index in [0.29, 0.717) is 29.8 Å². The molecule has 1 fully saturated rings. The van der Waals surface area contributed by atoms with Gasteiger partial charge in [-0.15, -0.1) is 0 Å². The predicted octanol–water partition coefficient (Wildman–Crippen LogP) is 4.11. The number of aromatic nitrogens is 1. The SMILES string of the molecule is Cc1cccc(NC(=O)NCC(=O)Nc2ncccc2OCC2CCCCC2)c1. The Hall–Kier alpha value is -3.09. The van der Waals surface area contributed by atoms with Crippen LogP contribution in [0.5, 0.6) is 5.75 Å². The van der Waals surface area contributed by atoms with Crippen molar-refractivity contribution in [3.05, 3.63) is 48.2 Å². The van der Waals surface area contributed by atoms with Gasteiger partial charge in [0.25, 0.3) is 0 Å². The maximum atomic E-state index is 12.2. The zero-order valence-corrected chi connectivity index (χ0v) is 16.7. The fourth-order valence-electron chi connectivity index (χ4n) is 3.40. The van der Waals surface area contributed by atoms with Crippen LogP contribution >= 0.6 is 0 Å². The molecule has 3 rings (SSSR count). The Labute approximate surface area is 171 Å². The number of ether oxygens (including phenoxy) is 1. The second-order valence-electron chi connectivity index (χ2n) is 7.39. The molecule has 1 aromatic heterocycles. The summed E-state index contributed by atoms with van der Waals surface area (Å²) in [4.78, 5) is 28.4. The third-order valence-corrected chi connectivity index (χ3v) is 4.91. The van der Waals surface area contributed by atoms with E-state index < -0.39 is 6.03 Å². The summed E-state index contributed by atoms with van der Waals surface area (Å²) in [5.41, 5.74) is 1.71. The average molecular weight is 396 g/mol. The third kappa shape index (κ3) is 6.78. The highest BCUT2D eigenvalue weighted by atomic mass is 16.5. The quantitative estimate of drug-likeness (QED) is 0.657. The summed E-state index contributed by atoms with van der Waals surface area (Å²) in [7, 11) is 0. The molecule has 0 saturated heterocycles. The summed E-state index contributed by atoms with van der Waals surface area (Å²) < 4.78 is 5.92. The number of carbonyl (C=O) groups excluding carboxylic acids is 2. The molecule has 0 spiro atoms. The van der Waals surface area contributed by atoms with Crippen LogP contribution in [0.1, 0.15) is 37.7 Å². The molecule has 7 heteroatoms. The van der Waals surface area contributed by atoms with E-state index in [2.05, 4.69) is 20.9 Å². The predicted molar refractivity (Wildman–Crippen MR) is 113 cm³/mol. The van der Waals surface area contributed by atoms with Crippen molar-refractivity contribution in [2.75, 3.05) is 23.8 Å². The van der Waals surface area contributed by atoms with E-state index in [1.54, 1.807) is 24.4 Å². The summed E-state index contributed by atoms with van der Waals surface area (Å²) in [5, 5.41) is 7.95. The minimum absolute atomic E-state index is 0.170. The lowest BCUT2D eigenvalue weighted by Gasteiger charge is -2.22. The van der Waals surface area contributed by atoms with Crippen LogP contribution in [0.3, 0.4) is 0 Å². The van der Waals surface area contributed by atoms with Crippen LogP contribution in [-0.2, 0) is 4.79 Å². The van der Waals surface area contributed by atoms with Crippen LogP contribution < -0.4 is 20.7 Å². The van der Waals surface area contributed by atoms with Crippen molar-refractivity contribution in [1.29, 1.82) is 0 Å². The van der Waals surface area contributed by atoms with Gasteiger partial charge in [0.1, 0.15) is 0 Å².